The highest BCUT2D eigenvalue weighted by Crippen LogP contribution is 2.31. The molecular weight excluding hydrogens is 242 g/mol. The lowest BCUT2D eigenvalue weighted by Crippen LogP contribution is -2.46. The quantitative estimate of drug-likeness (QED) is 0.871. The maximum absolute atomic E-state index is 12.5. The summed E-state index contributed by atoms with van der Waals surface area (Å²) in [5.74, 6) is 1.19. The summed E-state index contributed by atoms with van der Waals surface area (Å²) >= 11 is 0. The molecule has 0 radical (unpaired) electrons. The van der Waals surface area contributed by atoms with Gasteiger partial charge in [-0.25, -0.2) is 0 Å². The minimum atomic E-state index is -0.420. The highest BCUT2D eigenvalue weighted by molar-refractivity contribution is 5.83. The third kappa shape index (κ3) is 2.10. The second kappa shape index (κ2) is 4.85. The van der Waals surface area contributed by atoms with E-state index in [0.717, 1.165) is 24.3 Å². The van der Waals surface area contributed by atoms with Gasteiger partial charge in [0.1, 0.15) is 5.75 Å². The molecule has 1 aromatic carbocycles. The standard InChI is InChI=1S/C15H19NO3/c1-10-6-7-16(12(10)9-17)15(18)14-8-11-4-2-3-5-13(11)19-14/h2-5,10,12,14,17H,6-9H2,1H3. The Morgan fingerprint density at radius 3 is 3.00 bits per heavy atom. The number of likely N-dealkylation sites (tertiary alicyclic amines) is 1. The Bertz CT molecular complexity index is 463. The number of hydrogen-bond donors (Lipinski definition) is 1. The van der Waals surface area contributed by atoms with Crippen molar-refractivity contribution in [3.8, 4) is 5.75 Å². The van der Waals surface area contributed by atoms with E-state index in [1.807, 2.05) is 24.3 Å². The van der Waals surface area contributed by atoms with Crippen LogP contribution in [-0.4, -0.2) is 41.2 Å². The third-order valence-electron chi connectivity index (χ3n) is 4.28. The SMILES string of the molecule is CC1CCN(C(=O)C2Cc3ccccc3O2)C1CO. The van der Waals surface area contributed by atoms with Crippen LogP contribution in [0.15, 0.2) is 24.3 Å². The predicted molar refractivity (Wildman–Crippen MR) is 70.9 cm³/mol. The summed E-state index contributed by atoms with van der Waals surface area (Å²) in [5, 5.41) is 9.44. The van der Waals surface area contributed by atoms with Crippen LogP contribution in [0.4, 0.5) is 0 Å². The number of aliphatic hydroxyl groups excluding tert-OH is 1. The number of nitrogens with zero attached hydrogens (tertiary/aromatic N) is 1. The summed E-state index contributed by atoms with van der Waals surface area (Å²) in [5.41, 5.74) is 1.09. The van der Waals surface area contributed by atoms with Gasteiger partial charge < -0.3 is 14.7 Å². The average Bonchev–Trinajstić information content (AvgIpc) is 3.00. The molecule has 3 rings (SSSR count). The van der Waals surface area contributed by atoms with Crippen LogP contribution in [0.1, 0.15) is 18.9 Å². The van der Waals surface area contributed by atoms with Gasteiger partial charge in [0.05, 0.1) is 12.6 Å². The zero-order valence-corrected chi connectivity index (χ0v) is 11.1. The number of carbonyl (C=O) groups excluding carboxylic acids is 1. The fourth-order valence-electron chi connectivity index (χ4n) is 3.07. The van der Waals surface area contributed by atoms with E-state index >= 15 is 0 Å². The molecule has 1 saturated heterocycles. The van der Waals surface area contributed by atoms with Crippen LogP contribution in [-0.2, 0) is 11.2 Å². The molecule has 0 bridgehead atoms. The first kappa shape index (κ1) is 12.5. The van der Waals surface area contributed by atoms with E-state index in [1.54, 1.807) is 4.90 Å². The van der Waals surface area contributed by atoms with Crippen molar-refractivity contribution >= 4 is 5.91 Å². The minimum Gasteiger partial charge on any atom is -0.480 e. The van der Waals surface area contributed by atoms with Crippen molar-refractivity contribution < 1.29 is 14.6 Å². The molecule has 0 aromatic heterocycles. The molecule has 102 valence electrons. The highest BCUT2D eigenvalue weighted by atomic mass is 16.5. The summed E-state index contributed by atoms with van der Waals surface area (Å²) in [4.78, 5) is 14.3. The van der Waals surface area contributed by atoms with Gasteiger partial charge in [-0.15, -0.1) is 0 Å². The first-order chi connectivity index (χ1) is 9.20. The lowest BCUT2D eigenvalue weighted by Gasteiger charge is -2.27. The van der Waals surface area contributed by atoms with Crippen LogP contribution in [0.2, 0.25) is 0 Å². The van der Waals surface area contributed by atoms with Crippen LogP contribution >= 0.6 is 0 Å². The Hall–Kier alpha value is -1.55. The molecule has 1 N–H and O–H groups in total. The second-order valence-corrected chi connectivity index (χ2v) is 5.47. The van der Waals surface area contributed by atoms with Crippen LogP contribution in [0, 0.1) is 5.92 Å². The molecule has 4 nitrogen and oxygen atoms in total. The van der Waals surface area contributed by atoms with Gasteiger partial charge >= 0.3 is 0 Å². The Morgan fingerprint density at radius 2 is 2.26 bits per heavy atom. The van der Waals surface area contributed by atoms with Gasteiger partial charge in [0.25, 0.3) is 5.91 Å². The van der Waals surface area contributed by atoms with E-state index in [2.05, 4.69) is 6.92 Å². The molecule has 1 fully saturated rings. The molecule has 3 atom stereocenters. The van der Waals surface area contributed by atoms with Gasteiger partial charge in [-0.1, -0.05) is 25.1 Å². The lowest BCUT2D eigenvalue weighted by atomic mass is 10.0. The molecule has 0 saturated carbocycles. The third-order valence-corrected chi connectivity index (χ3v) is 4.28. The van der Waals surface area contributed by atoms with Gasteiger partial charge in [-0.05, 0) is 24.0 Å². The minimum absolute atomic E-state index is 0.0135. The van der Waals surface area contributed by atoms with Gasteiger partial charge in [0.2, 0.25) is 0 Å². The maximum atomic E-state index is 12.5. The number of benzene rings is 1. The van der Waals surface area contributed by atoms with Crippen molar-refractivity contribution in [2.24, 2.45) is 5.92 Å². The number of para-hydroxylation sites is 1. The fraction of sp³-hybridized carbons (Fsp3) is 0.533. The van der Waals surface area contributed by atoms with Crippen molar-refractivity contribution in [3.63, 3.8) is 0 Å². The van der Waals surface area contributed by atoms with Crippen molar-refractivity contribution in [2.45, 2.75) is 31.9 Å². The largest absolute Gasteiger partial charge is 0.480 e. The number of fused-ring (bicyclic) bond motifs is 1. The Balaban J connectivity index is 1.73. The van der Waals surface area contributed by atoms with Gasteiger partial charge in [-0.2, -0.15) is 0 Å². The van der Waals surface area contributed by atoms with Gasteiger partial charge in [-0.3, -0.25) is 4.79 Å². The average molecular weight is 261 g/mol. The molecule has 4 heteroatoms. The number of hydrogen-bond acceptors (Lipinski definition) is 3. The monoisotopic (exact) mass is 261 g/mol. The Kier molecular flexibility index (Phi) is 3.19. The Morgan fingerprint density at radius 1 is 1.47 bits per heavy atom. The van der Waals surface area contributed by atoms with E-state index in [9.17, 15) is 9.90 Å². The molecule has 2 heterocycles. The zero-order chi connectivity index (χ0) is 13.4. The molecular formula is C15H19NO3. The summed E-state index contributed by atoms with van der Waals surface area (Å²) in [6, 6.07) is 7.72. The molecule has 1 aromatic rings. The van der Waals surface area contributed by atoms with Crippen molar-refractivity contribution in [2.75, 3.05) is 13.2 Å². The van der Waals surface area contributed by atoms with Crippen molar-refractivity contribution in [1.82, 2.24) is 4.90 Å². The summed E-state index contributed by atoms with van der Waals surface area (Å²) in [6.07, 6.45) is 1.17. The normalized spacial score (nSPS) is 29.2. The molecule has 19 heavy (non-hydrogen) atoms. The van der Waals surface area contributed by atoms with Crippen LogP contribution in [0.3, 0.4) is 0 Å². The van der Waals surface area contributed by atoms with Gasteiger partial charge in [0.15, 0.2) is 6.10 Å². The number of amides is 1. The first-order valence-corrected chi connectivity index (χ1v) is 6.86. The van der Waals surface area contributed by atoms with E-state index < -0.39 is 6.10 Å². The molecule has 2 aliphatic heterocycles. The first-order valence-electron chi connectivity index (χ1n) is 6.86. The molecule has 3 unspecified atom stereocenters. The second-order valence-electron chi connectivity index (χ2n) is 5.47. The smallest absolute Gasteiger partial charge is 0.264 e. The molecule has 0 spiro atoms. The topological polar surface area (TPSA) is 49.8 Å². The van der Waals surface area contributed by atoms with Crippen molar-refractivity contribution in [3.05, 3.63) is 29.8 Å². The highest BCUT2D eigenvalue weighted by Gasteiger charge is 2.39. The molecule has 1 amide bonds. The fourth-order valence-corrected chi connectivity index (χ4v) is 3.07. The number of aliphatic hydroxyl groups is 1. The van der Waals surface area contributed by atoms with Crippen LogP contribution in [0.25, 0.3) is 0 Å². The maximum Gasteiger partial charge on any atom is 0.264 e. The van der Waals surface area contributed by atoms with E-state index in [-0.39, 0.29) is 18.6 Å². The van der Waals surface area contributed by atoms with E-state index in [1.165, 1.54) is 0 Å². The zero-order valence-electron chi connectivity index (χ0n) is 11.1. The molecule has 2 aliphatic rings. The summed E-state index contributed by atoms with van der Waals surface area (Å²) in [6.45, 7) is 2.84. The lowest BCUT2D eigenvalue weighted by molar-refractivity contribution is -0.139. The van der Waals surface area contributed by atoms with E-state index in [0.29, 0.717) is 12.3 Å². The Labute approximate surface area is 113 Å². The van der Waals surface area contributed by atoms with Crippen LogP contribution < -0.4 is 4.74 Å². The molecule has 0 aliphatic carbocycles. The number of carbonyl (C=O) groups is 1. The van der Waals surface area contributed by atoms with Gasteiger partial charge in [0, 0.05) is 13.0 Å². The van der Waals surface area contributed by atoms with E-state index in [4.69, 9.17) is 4.74 Å². The number of rotatable bonds is 2. The summed E-state index contributed by atoms with van der Waals surface area (Å²) < 4.78 is 5.74. The van der Waals surface area contributed by atoms with Crippen molar-refractivity contribution in [1.29, 1.82) is 0 Å². The van der Waals surface area contributed by atoms with Crippen LogP contribution in [0.5, 0.6) is 5.75 Å². The summed E-state index contributed by atoms with van der Waals surface area (Å²) in [7, 11) is 0. The number of ether oxygens (including phenoxy) is 1. The predicted octanol–water partition coefficient (Wildman–Crippen LogP) is 1.22.